The number of alkyl carbamates (subject to hydrolysis) is 2. The Bertz CT molecular complexity index is 2680. The minimum absolute atomic E-state index is 0.0515. The number of nitrogens with one attached hydrogen (secondary N) is 12. The second kappa shape index (κ2) is 37.9. The van der Waals surface area contributed by atoms with E-state index in [0.717, 1.165) is 0 Å². The third-order valence-electron chi connectivity index (χ3n) is 13.6. The van der Waals surface area contributed by atoms with Gasteiger partial charge in [-0.15, -0.1) is 0 Å². The van der Waals surface area contributed by atoms with Gasteiger partial charge in [-0.3, -0.25) is 43.8 Å². The van der Waals surface area contributed by atoms with Gasteiger partial charge in [-0.2, -0.15) is 0 Å². The van der Waals surface area contributed by atoms with Crippen LogP contribution in [0, 0.1) is 29.1 Å². The molecule has 10 amide bonds. The first kappa shape index (κ1) is 76.5. The van der Waals surface area contributed by atoms with Crippen LogP contribution < -0.4 is 64.2 Å². The summed E-state index contributed by atoms with van der Waals surface area (Å²) < 4.78 is 11.0. The van der Waals surface area contributed by atoms with Crippen LogP contribution in [-0.4, -0.2) is 178 Å². The standard InChI is InChI=1S/C59H93N13O17/c1-12-34(8)43(52(81)68-42(32(4)5)51(80)63-27-41(75)64-39(28-73)50(79)67-40(29-74)55(84)85)69-48(77)37(24-19-25-62-56(60)61)65-49(78)38(26-31(2)3)66-54(83)46(47(76)33(6)7)70-53(82)45(72-57(86)88-30-35-20-15-13-16-21-35)44(36-22-17-14-18-23-36)71-58(87)89-59(9,10)11/h13-18,20-23,31-34,37-40,42-47,73-74,76H,12,19,24-30H2,1-11H3,(H,63,80)(H,64,75)(H,65,78)(H,66,83)(H,67,79)(H,68,81)(H,69,77)(H,70,82)(H,71,87)(H,72,86)(H,84,85)(H4,60,61,62)/t34-,37+,38-,39-,40-,42-,43-,44+,45-,46-,47+/m0/s1. The summed E-state index contributed by atoms with van der Waals surface area (Å²) in [5, 5.41) is 74.7. The number of amides is 10. The van der Waals surface area contributed by atoms with E-state index in [1.54, 1.807) is 137 Å². The Hall–Kier alpha value is -8.64. The zero-order valence-corrected chi connectivity index (χ0v) is 52.4. The maximum absolute atomic E-state index is 14.8. The predicted molar refractivity (Wildman–Crippen MR) is 324 cm³/mol. The fraction of sp³-hybridized carbons (Fsp3) is 0.593. The zero-order chi connectivity index (χ0) is 67.3. The monoisotopic (exact) mass is 1260 g/mol. The maximum atomic E-state index is 14.8. The molecule has 2 aromatic carbocycles. The summed E-state index contributed by atoms with van der Waals surface area (Å²) in [6, 6.07) is 2.63. The van der Waals surface area contributed by atoms with Crippen molar-refractivity contribution in [3.63, 3.8) is 0 Å². The minimum Gasteiger partial charge on any atom is -0.480 e. The molecule has 89 heavy (non-hydrogen) atoms. The lowest BCUT2D eigenvalue weighted by atomic mass is 9.95. The molecule has 0 spiro atoms. The molecule has 0 saturated carbocycles. The zero-order valence-electron chi connectivity index (χ0n) is 52.4. The first-order chi connectivity index (χ1) is 41.7. The van der Waals surface area contributed by atoms with E-state index in [0.29, 0.717) is 17.5 Å². The molecule has 0 radical (unpaired) electrons. The molecule has 0 aromatic heterocycles. The minimum atomic E-state index is -1.85. The molecular formula is C59H93N13O17. The number of benzene rings is 2. The maximum Gasteiger partial charge on any atom is 0.408 e. The Labute approximate surface area is 518 Å². The van der Waals surface area contributed by atoms with Crippen LogP contribution in [0.1, 0.15) is 119 Å². The lowest BCUT2D eigenvalue weighted by Gasteiger charge is -2.33. The van der Waals surface area contributed by atoms with Gasteiger partial charge in [-0.1, -0.05) is 122 Å². The van der Waals surface area contributed by atoms with Crippen LogP contribution in [0.5, 0.6) is 0 Å². The van der Waals surface area contributed by atoms with Crippen molar-refractivity contribution in [3.05, 3.63) is 71.8 Å². The number of aliphatic hydroxyl groups is 3. The van der Waals surface area contributed by atoms with E-state index in [-0.39, 0.29) is 44.3 Å². The number of carboxylic acids is 1. The normalized spacial score (nSPS) is 15.0. The molecule has 0 aliphatic carbocycles. The largest absolute Gasteiger partial charge is 0.480 e. The van der Waals surface area contributed by atoms with Gasteiger partial charge in [0.25, 0.3) is 0 Å². The van der Waals surface area contributed by atoms with Crippen molar-refractivity contribution < 1.29 is 82.6 Å². The number of carbonyl (C=O) groups is 11. The van der Waals surface area contributed by atoms with Gasteiger partial charge in [0.05, 0.1) is 31.9 Å². The summed E-state index contributed by atoms with van der Waals surface area (Å²) in [5.41, 5.74) is 5.41. The van der Waals surface area contributed by atoms with Crippen molar-refractivity contribution in [1.82, 2.24) is 58.5 Å². The van der Waals surface area contributed by atoms with Gasteiger partial charge in [0, 0.05) is 6.54 Å². The Morgan fingerprint density at radius 1 is 0.573 bits per heavy atom. The Morgan fingerprint density at radius 3 is 1.62 bits per heavy atom. The number of aliphatic hydroxyl groups excluding tert-OH is 3. The Balaban J connectivity index is 2.54. The molecule has 2 aromatic rings. The Kier molecular flexibility index (Phi) is 32.6. The molecule has 496 valence electrons. The second-order valence-electron chi connectivity index (χ2n) is 23.4. The van der Waals surface area contributed by atoms with Gasteiger partial charge >= 0.3 is 18.2 Å². The molecule has 0 saturated heterocycles. The molecule has 0 aliphatic heterocycles. The lowest BCUT2D eigenvalue weighted by molar-refractivity contribution is -0.143. The van der Waals surface area contributed by atoms with Crippen molar-refractivity contribution in [3.8, 4) is 0 Å². The number of nitrogens with two attached hydrogens (primary N) is 1. The number of hydrogen-bond donors (Lipinski definition) is 17. The Morgan fingerprint density at radius 2 is 1.09 bits per heavy atom. The van der Waals surface area contributed by atoms with Crippen molar-refractivity contribution in [1.29, 1.82) is 5.41 Å². The number of guanidine groups is 1. The molecule has 0 fully saturated rings. The third kappa shape index (κ3) is 27.5. The van der Waals surface area contributed by atoms with Crippen LogP contribution in [0.15, 0.2) is 60.7 Å². The third-order valence-corrected chi connectivity index (χ3v) is 13.6. The van der Waals surface area contributed by atoms with E-state index in [9.17, 15) is 68.1 Å². The highest BCUT2D eigenvalue weighted by molar-refractivity contribution is 5.98. The fourth-order valence-electron chi connectivity index (χ4n) is 8.52. The van der Waals surface area contributed by atoms with Gasteiger partial charge in [-0.05, 0) is 74.8 Å². The molecule has 11 atom stereocenters. The van der Waals surface area contributed by atoms with Crippen LogP contribution in [-0.2, 0) is 59.2 Å². The van der Waals surface area contributed by atoms with Crippen molar-refractivity contribution in [2.45, 2.75) is 175 Å². The average Bonchev–Trinajstić information content (AvgIpc) is 3.45. The predicted octanol–water partition coefficient (Wildman–Crippen LogP) is -0.845. The number of rotatable bonds is 36. The highest BCUT2D eigenvalue weighted by Crippen LogP contribution is 2.21. The van der Waals surface area contributed by atoms with Gasteiger partial charge in [-0.25, -0.2) is 14.4 Å². The molecule has 18 N–H and O–H groups in total. The average molecular weight is 1260 g/mol. The van der Waals surface area contributed by atoms with E-state index in [1.165, 1.54) is 0 Å². The first-order valence-corrected chi connectivity index (χ1v) is 29.3. The van der Waals surface area contributed by atoms with Crippen molar-refractivity contribution >= 4 is 71.4 Å². The van der Waals surface area contributed by atoms with Crippen LogP contribution in [0.2, 0.25) is 0 Å². The lowest BCUT2D eigenvalue weighted by Crippen LogP contribution is -2.63. The van der Waals surface area contributed by atoms with Crippen LogP contribution in [0.4, 0.5) is 9.59 Å². The molecule has 0 aliphatic rings. The number of hydrogen-bond acceptors (Lipinski definition) is 17. The summed E-state index contributed by atoms with van der Waals surface area (Å²) in [6.07, 6.45) is -3.54. The summed E-state index contributed by atoms with van der Waals surface area (Å²) >= 11 is 0. The van der Waals surface area contributed by atoms with E-state index >= 15 is 0 Å². The number of carboxylic acid groups (broad SMARTS) is 1. The van der Waals surface area contributed by atoms with Crippen LogP contribution in [0.3, 0.4) is 0 Å². The molecule has 30 nitrogen and oxygen atoms in total. The highest BCUT2D eigenvalue weighted by atomic mass is 16.6. The SMILES string of the molecule is CC[C@H](C)[C@H](NC(=O)[C@@H](CCCNC(=N)N)NC(=O)[C@H](CC(C)C)NC(=O)[C@@H](NC(=O)[C@@H](NC(=O)OCc1ccccc1)[C@H](NC(=O)OC(C)(C)C)c1ccccc1)[C@H](O)C(C)C)C(=O)N[C@H](C(=O)NCC(=O)N[C@@H](CO)C(=O)N[C@@H](CO)C(=O)O)C(C)C. The highest BCUT2D eigenvalue weighted by Gasteiger charge is 2.41. The molecule has 30 heteroatoms. The molecule has 0 heterocycles. The van der Waals surface area contributed by atoms with Crippen molar-refractivity contribution in [2.24, 2.45) is 29.4 Å². The molecule has 2 rings (SSSR count). The van der Waals surface area contributed by atoms with E-state index in [1.807, 2.05) is 5.32 Å². The summed E-state index contributed by atoms with van der Waals surface area (Å²) in [4.78, 5) is 150. The van der Waals surface area contributed by atoms with Gasteiger partial charge in [0.1, 0.15) is 60.5 Å². The fourth-order valence-corrected chi connectivity index (χ4v) is 8.52. The summed E-state index contributed by atoms with van der Waals surface area (Å²) in [5.74, 6) is -12.1. The van der Waals surface area contributed by atoms with Gasteiger partial charge in [0.2, 0.25) is 47.3 Å². The number of ether oxygens (including phenoxy) is 2. The van der Waals surface area contributed by atoms with Crippen LogP contribution >= 0.6 is 0 Å². The molecule has 0 bridgehead atoms. The molecule has 0 unspecified atom stereocenters. The summed E-state index contributed by atoms with van der Waals surface area (Å²) in [7, 11) is 0. The first-order valence-electron chi connectivity index (χ1n) is 29.3. The van der Waals surface area contributed by atoms with E-state index in [4.69, 9.17) is 25.7 Å². The number of aliphatic carboxylic acids is 1. The van der Waals surface area contributed by atoms with Gasteiger partial charge in [0.15, 0.2) is 5.96 Å². The topological polar surface area (TPSA) is 469 Å². The van der Waals surface area contributed by atoms with Crippen LogP contribution in [0.25, 0.3) is 0 Å². The van der Waals surface area contributed by atoms with E-state index in [2.05, 4.69) is 53.2 Å². The number of carbonyl (C=O) groups excluding carboxylic acids is 10. The van der Waals surface area contributed by atoms with E-state index < -0.39 is 169 Å². The van der Waals surface area contributed by atoms with Crippen molar-refractivity contribution in [2.75, 3.05) is 26.3 Å². The second-order valence-corrected chi connectivity index (χ2v) is 23.4. The quantitative estimate of drug-likeness (QED) is 0.0225. The smallest absolute Gasteiger partial charge is 0.408 e. The molecular weight excluding hydrogens is 1160 g/mol. The summed E-state index contributed by atoms with van der Waals surface area (Å²) in [6.45, 7) is 15.1. The van der Waals surface area contributed by atoms with Gasteiger partial charge < -0.3 is 94.1 Å².